The number of phenolic OH excluding ortho intramolecular Hbond substituents is 1. The number of hydrazine groups is 1. The van der Waals surface area contributed by atoms with E-state index < -0.39 is 30.0 Å². The van der Waals surface area contributed by atoms with E-state index in [1.54, 1.807) is 42.5 Å². The van der Waals surface area contributed by atoms with E-state index in [0.29, 0.717) is 41.5 Å². The van der Waals surface area contributed by atoms with Crippen molar-refractivity contribution in [3.05, 3.63) is 83.4 Å². The maximum Gasteiger partial charge on any atom is 0.490 e. The molecule has 2 amide bonds. The standard InChI is InChI=1S/C26H29N5O5.C2HF3O2/c1-3-35-21-14-9-18(15-22(21)36-4-2)23(29-19-10-5-16(6-11-19)24(27)28)26(34)31-30-25(33)17-7-12-20(32)13-8-17;3-2(4,5)1(6)7/h5-15,23,29,32H,3-4H2,1-2H3,(H3,27,28)(H,30,33)(H,31,34);(H,6,7). The van der Waals surface area contributed by atoms with E-state index in [0.717, 1.165) is 0 Å². The Bertz CT molecular complexity index is 1420. The molecular weight excluding hydrogens is 575 g/mol. The van der Waals surface area contributed by atoms with Crippen molar-refractivity contribution in [1.29, 1.82) is 5.41 Å². The number of ether oxygens (including phenoxy) is 2. The predicted octanol–water partition coefficient (Wildman–Crippen LogP) is 3.72. The minimum Gasteiger partial charge on any atom is -0.508 e. The maximum atomic E-state index is 13.2. The number of alkyl halides is 3. The van der Waals surface area contributed by atoms with Crippen molar-refractivity contribution in [3.63, 3.8) is 0 Å². The maximum absolute atomic E-state index is 13.2. The molecule has 0 aromatic heterocycles. The van der Waals surface area contributed by atoms with E-state index in [1.165, 1.54) is 24.3 Å². The summed E-state index contributed by atoms with van der Waals surface area (Å²) in [5, 5.41) is 27.2. The average Bonchev–Trinajstić information content (AvgIpc) is 2.96. The fourth-order valence-electron chi connectivity index (χ4n) is 3.34. The van der Waals surface area contributed by atoms with Crippen LogP contribution in [0.4, 0.5) is 18.9 Å². The van der Waals surface area contributed by atoms with Gasteiger partial charge in [-0.2, -0.15) is 13.2 Å². The molecule has 12 nitrogen and oxygen atoms in total. The summed E-state index contributed by atoms with van der Waals surface area (Å²) in [5.74, 6) is -2.85. The monoisotopic (exact) mass is 605 g/mol. The number of carboxylic acids is 1. The molecule has 15 heteroatoms. The highest BCUT2D eigenvalue weighted by molar-refractivity contribution is 5.97. The third-order valence-electron chi connectivity index (χ3n) is 5.34. The van der Waals surface area contributed by atoms with E-state index in [1.807, 2.05) is 13.8 Å². The van der Waals surface area contributed by atoms with Gasteiger partial charge >= 0.3 is 12.1 Å². The van der Waals surface area contributed by atoms with Gasteiger partial charge in [-0.3, -0.25) is 25.8 Å². The number of carboxylic acid groups (broad SMARTS) is 1. The molecule has 0 aliphatic heterocycles. The molecule has 0 saturated carbocycles. The topological polar surface area (TPSA) is 196 Å². The second-order valence-corrected chi connectivity index (χ2v) is 8.43. The molecule has 3 rings (SSSR count). The van der Waals surface area contributed by atoms with Gasteiger partial charge in [0.25, 0.3) is 11.8 Å². The molecule has 230 valence electrons. The number of aromatic hydroxyl groups is 1. The van der Waals surface area contributed by atoms with Crippen LogP contribution < -0.4 is 31.4 Å². The quantitative estimate of drug-likeness (QED) is 0.102. The smallest absolute Gasteiger partial charge is 0.490 e. The van der Waals surface area contributed by atoms with E-state index in [9.17, 15) is 27.9 Å². The number of nitrogens with one attached hydrogen (secondary N) is 4. The Balaban J connectivity index is 0.000000821. The van der Waals surface area contributed by atoms with Crippen molar-refractivity contribution < 1.29 is 47.2 Å². The molecule has 0 fully saturated rings. The fraction of sp³-hybridized carbons (Fsp3) is 0.214. The van der Waals surface area contributed by atoms with Crippen LogP contribution in [0.5, 0.6) is 17.2 Å². The van der Waals surface area contributed by atoms with Crippen LogP contribution in [-0.4, -0.2) is 53.2 Å². The number of aliphatic carboxylic acids is 1. The van der Waals surface area contributed by atoms with Crippen LogP contribution in [0.3, 0.4) is 0 Å². The van der Waals surface area contributed by atoms with E-state index in [4.69, 9.17) is 30.5 Å². The SMILES string of the molecule is CCOc1ccc(C(Nc2ccc(C(=N)N)cc2)C(=O)NNC(=O)c2ccc(O)cc2)cc1OCC.O=C(O)C(F)(F)F. The van der Waals surface area contributed by atoms with Crippen LogP contribution in [0.2, 0.25) is 0 Å². The van der Waals surface area contributed by atoms with Crippen LogP contribution in [0.1, 0.15) is 41.4 Å². The van der Waals surface area contributed by atoms with Gasteiger partial charge in [0.05, 0.1) is 13.2 Å². The molecule has 3 aromatic rings. The Labute approximate surface area is 244 Å². The number of amidine groups is 1. The van der Waals surface area contributed by atoms with Gasteiger partial charge in [-0.05, 0) is 80.1 Å². The molecule has 1 atom stereocenters. The zero-order valence-electron chi connectivity index (χ0n) is 23.0. The third kappa shape index (κ3) is 10.5. The van der Waals surface area contributed by atoms with Gasteiger partial charge in [0.1, 0.15) is 17.6 Å². The number of benzene rings is 3. The number of hydrogen-bond donors (Lipinski definition) is 7. The second-order valence-electron chi connectivity index (χ2n) is 8.43. The Kier molecular flexibility index (Phi) is 12.2. The molecule has 0 aliphatic carbocycles. The summed E-state index contributed by atoms with van der Waals surface area (Å²) in [6.07, 6.45) is -5.08. The summed E-state index contributed by atoms with van der Waals surface area (Å²) in [4.78, 5) is 34.6. The highest BCUT2D eigenvalue weighted by Gasteiger charge is 2.38. The molecular formula is C28H30F3N5O7. The number of halogens is 3. The van der Waals surface area contributed by atoms with E-state index in [-0.39, 0.29) is 17.1 Å². The lowest BCUT2D eigenvalue weighted by atomic mass is 10.0. The van der Waals surface area contributed by atoms with Crippen molar-refractivity contribution in [3.8, 4) is 17.2 Å². The van der Waals surface area contributed by atoms with E-state index in [2.05, 4.69) is 16.2 Å². The van der Waals surface area contributed by atoms with Crippen LogP contribution in [0, 0.1) is 5.41 Å². The molecule has 8 N–H and O–H groups in total. The minimum atomic E-state index is -5.08. The zero-order chi connectivity index (χ0) is 32.2. The summed E-state index contributed by atoms with van der Waals surface area (Å²) in [5.41, 5.74) is 12.3. The number of phenols is 1. The first-order valence-corrected chi connectivity index (χ1v) is 12.6. The van der Waals surface area contributed by atoms with Crippen molar-refractivity contribution >= 4 is 29.3 Å². The second kappa shape index (κ2) is 15.5. The van der Waals surface area contributed by atoms with Gasteiger partial charge in [0, 0.05) is 16.8 Å². The Morgan fingerprint density at radius 3 is 1.93 bits per heavy atom. The average molecular weight is 606 g/mol. The first-order chi connectivity index (χ1) is 20.3. The summed E-state index contributed by atoms with van der Waals surface area (Å²) < 4.78 is 43.1. The normalized spacial score (nSPS) is 11.2. The minimum absolute atomic E-state index is 0.0243. The van der Waals surface area contributed by atoms with Gasteiger partial charge < -0.3 is 30.7 Å². The highest BCUT2D eigenvalue weighted by atomic mass is 19.4. The third-order valence-corrected chi connectivity index (χ3v) is 5.34. The van der Waals surface area contributed by atoms with Gasteiger partial charge in [0.15, 0.2) is 11.5 Å². The molecule has 0 spiro atoms. The highest BCUT2D eigenvalue weighted by Crippen LogP contribution is 2.32. The number of nitrogen functional groups attached to an aromatic ring is 1. The van der Waals surface area contributed by atoms with Crippen molar-refractivity contribution in [2.75, 3.05) is 18.5 Å². The van der Waals surface area contributed by atoms with Crippen LogP contribution in [0.25, 0.3) is 0 Å². The van der Waals surface area contributed by atoms with Crippen molar-refractivity contribution in [2.45, 2.75) is 26.1 Å². The number of amides is 2. The summed E-state index contributed by atoms with van der Waals surface area (Å²) in [7, 11) is 0. The van der Waals surface area contributed by atoms with Gasteiger partial charge in [-0.25, -0.2) is 4.79 Å². The first-order valence-electron chi connectivity index (χ1n) is 12.6. The van der Waals surface area contributed by atoms with Crippen LogP contribution in [0.15, 0.2) is 66.7 Å². The zero-order valence-corrected chi connectivity index (χ0v) is 23.0. The number of rotatable bonds is 10. The molecule has 3 aromatic carbocycles. The number of nitrogens with two attached hydrogens (primary N) is 1. The van der Waals surface area contributed by atoms with Gasteiger partial charge in [0.2, 0.25) is 0 Å². The summed E-state index contributed by atoms with van der Waals surface area (Å²) in [6.45, 7) is 4.57. The van der Waals surface area contributed by atoms with Crippen LogP contribution in [-0.2, 0) is 9.59 Å². The summed E-state index contributed by atoms with van der Waals surface area (Å²) >= 11 is 0. The van der Waals surface area contributed by atoms with Gasteiger partial charge in [-0.15, -0.1) is 0 Å². The molecule has 0 bridgehead atoms. The Morgan fingerprint density at radius 1 is 0.884 bits per heavy atom. The number of carbonyl (C=O) groups is 3. The number of anilines is 1. The largest absolute Gasteiger partial charge is 0.508 e. The lowest BCUT2D eigenvalue weighted by molar-refractivity contribution is -0.192. The molecule has 1 unspecified atom stereocenters. The van der Waals surface area contributed by atoms with Crippen LogP contribution >= 0.6 is 0 Å². The number of hydrogen-bond acceptors (Lipinski definition) is 8. The summed E-state index contributed by atoms with van der Waals surface area (Å²) in [6, 6.07) is 16.6. The Hall–Kier alpha value is -5.47. The van der Waals surface area contributed by atoms with E-state index >= 15 is 0 Å². The Morgan fingerprint density at radius 2 is 1.42 bits per heavy atom. The molecule has 43 heavy (non-hydrogen) atoms. The first kappa shape index (κ1) is 33.7. The fourth-order valence-corrected chi connectivity index (χ4v) is 3.34. The molecule has 0 aliphatic rings. The van der Waals surface area contributed by atoms with Crippen molar-refractivity contribution in [1.82, 2.24) is 10.9 Å². The lowest BCUT2D eigenvalue weighted by Crippen LogP contribution is -2.45. The molecule has 0 saturated heterocycles. The van der Waals surface area contributed by atoms with Gasteiger partial charge in [-0.1, -0.05) is 6.07 Å². The number of carbonyl (C=O) groups excluding carboxylic acids is 2. The predicted molar refractivity (Wildman–Crippen MR) is 150 cm³/mol. The molecule has 0 heterocycles. The van der Waals surface area contributed by atoms with Crippen molar-refractivity contribution in [2.24, 2.45) is 5.73 Å². The lowest BCUT2D eigenvalue weighted by Gasteiger charge is -2.22. The molecule has 0 radical (unpaired) electrons.